The van der Waals surface area contributed by atoms with Gasteiger partial charge in [-0.15, -0.1) is 16.4 Å². The van der Waals surface area contributed by atoms with Crippen molar-refractivity contribution in [3.63, 3.8) is 0 Å². The summed E-state index contributed by atoms with van der Waals surface area (Å²) in [4.78, 5) is 12.6. The molecule has 0 radical (unpaired) electrons. The Balaban J connectivity index is 1.74. The summed E-state index contributed by atoms with van der Waals surface area (Å²) in [5.74, 6) is 0.174. The highest BCUT2D eigenvalue weighted by atomic mass is 32.1. The monoisotopic (exact) mass is 386 g/mol. The van der Waals surface area contributed by atoms with Crippen molar-refractivity contribution in [3.8, 4) is 11.5 Å². The highest BCUT2D eigenvalue weighted by Crippen LogP contribution is 2.28. The first-order valence-electron chi connectivity index (χ1n) is 7.47. The summed E-state index contributed by atoms with van der Waals surface area (Å²) < 4.78 is 15.1. The number of thiophene rings is 1. The Labute approximate surface area is 157 Å². The number of nitrogens with two attached hydrogens (primary N) is 2. The predicted molar refractivity (Wildman–Crippen MR) is 99.3 cm³/mol. The number of nitrogens with zero attached hydrogens (tertiary/aromatic N) is 4. The van der Waals surface area contributed by atoms with Crippen molar-refractivity contribution in [1.82, 2.24) is 10.3 Å². The van der Waals surface area contributed by atoms with Crippen molar-refractivity contribution >= 4 is 35.2 Å². The summed E-state index contributed by atoms with van der Waals surface area (Å²) in [6.07, 6.45) is 1.43. The minimum Gasteiger partial charge on any atom is -0.493 e. The number of rotatable bonds is 6. The van der Waals surface area contributed by atoms with Crippen LogP contribution in [0.1, 0.15) is 20.9 Å². The minimum absolute atomic E-state index is 0.0185. The molecular formula is C16H14N6O4S. The van der Waals surface area contributed by atoms with E-state index in [4.69, 9.17) is 20.9 Å². The summed E-state index contributed by atoms with van der Waals surface area (Å²) in [5.41, 5.74) is 12.0. The molecule has 0 aliphatic rings. The second kappa shape index (κ2) is 8.10. The van der Waals surface area contributed by atoms with Crippen LogP contribution >= 0.6 is 11.3 Å². The van der Waals surface area contributed by atoms with Crippen LogP contribution in [0.2, 0.25) is 0 Å². The van der Waals surface area contributed by atoms with Crippen LogP contribution in [0.4, 0.5) is 5.82 Å². The van der Waals surface area contributed by atoms with Crippen molar-refractivity contribution in [2.24, 2.45) is 15.9 Å². The Morgan fingerprint density at radius 3 is 2.81 bits per heavy atom. The molecule has 0 fully saturated rings. The third kappa shape index (κ3) is 4.27. The fraction of sp³-hybridized carbons (Fsp3) is 0.0625. The molecule has 0 aliphatic carbocycles. The molecule has 138 valence electrons. The first-order valence-corrected chi connectivity index (χ1v) is 8.35. The average molecular weight is 386 g/mol. The molecule has 2 aromatic heterocycles. The van der Waals surface area contributed by atoms with Gasteiger partial charge in [0, 0.05) is 0 Å². The molecule has 0 amide bonds. The number of nitrogen functional groups attached to an aromatic ring is 1. The number of carbonyl (C=O) groups excluding carboxylic acids is 1. The van der Waals surface area contributed by atoms with Crippen LogP contribution in [0.25, 0.3) is 0 Å². The minimum atomic E-state index is -0.457. The number of hydrogen-bond acceptors (Lipinski definition) is 10. The normalized spacial score (nSPS) is 11.7. The van der Waals surface area contributed by atoms with Crippen molar-refractivity contribution in [3.05, 3.63) is 51.8 Å². The Bertz CT molecular complexity index is 996. The molecule has 4 N–H and O–H groups in total. The smallest absolute Gasteiger partial charge is 0.353 e. The average Bonchev–Trinajstić information content (AvgIpc) is 3.34. The summed E-state index contributed by atoms with van der Waals surface area (Å²) in [6, 6.07) is 8.37. The predicted octanol–water partition coefficient (Wildman–Crippen LogP) is 1.68. The van der Waals surface area contributed by atoms with Crippen LogP contribution in [-0.2, 0) is 0 Å². The van der Waals surface area contributed by atoms with Gasteiger partial charge in [0.15, 0.2) is 28.8 Å². The van der Waals surface area contributed by atoms with Gasteiger partial charge in [-0.1, -0.05) is 6.07 Å². The summed E-state index contributed by atoms with van der Waals surface area (Å²) >= 11 is 1.29. The van der Waals surface area contributed by atoms with E-state index in [0.717, 1.165) is 0 Å². The zero-order valence-corrected chi connectivity index (χ0v) is 14.8. The van der Waals surface area contributed by atoms with Gasteiger partial charge < -0.3 is 20.9 Å². The van der Waals surface area contributed by atoms with Gasteiger partial charge in [-0.05, 0) is 45.5 Å². The number of methoxy groups -OCH3 is 1. The van der Waals surface area contributed by atoms with Gasteiger partial charge in [0.25, 0.3) is 0 Å². The molecule has 3 aromatic rings. The van der Waals surface area contributed by atoms with E-state index in [-0.39, 0.29) is 23.1 Å². The molecule has 0 aliphatic heterocycles. The van der Waals surface area contributed by atoms with Crippen molar-refractivity contribution in [2.45, 2.75) is 0 Å². The Hall–Kier alpha value is -3.73. The summed E-state index contributed by atoms with van der Waals surface area (Å²) in [7, 11) is 1.47. The first kappa shape index (κ1) is 18.1. The molecule has 3 rings (SSSR count). The number of esters is 1. The maximum absolute atomic E-state index is 12.1. The zero-order valence-electron chi connectivity index (χ0n) is 14.0. The molecule has 1 aromatic carbocycles. The lowest BCUT2D eigenvalue weighted by molar-refractivity contribution is 0.0735. The Morgan fingerprint density at radius 2 is 2.15 bits per heavy atom. The van der Waals surface area contributed by atoms with Gasteiger partial charge in [-0.2, -0.15) is 5.10 Å². The SMILES string of the molecule is COc1cc(C=N/N=C(/N)c2nonc2N)ccc1OC(=O)c1cccs1. The van der Waals surface area contributed by atoms with Crippen LogP contribution in [-0.4, -0.2) is 35.4 Å². The Morgan fingerprint density at radius 1 is 1.30 bits per heavy atom. The highest BCUT2D eigenvalue weighted by molar-refractivity contribution is 7.12. The number of anilines is 1. The third-order valence-electron chi connectivity index (χ3n) is 3.24. The first-order chi connectivity index (χ1) is 13.1. The molecule has 0 atom stereocenters. The molecule has 27 heavy (non-hydrogen) atoms. The maximum Gasteiger partial charge on any atom is 0.353 e. The second-order valence-electron chi connectivity index (χ2n) is 5.00. The molecule has 0 spiro atoms. The third-order valence-corrected chi connectivity index (χ3v) is 4.09. The summed E-state index contributed by atoms with van der Waals surface area (Å²) in [6.45, 7) is 0. The Kier molecular flexibility index (Phi) is 5.42. The number of ether oxygens (including phenoxy) is 2. The fourth-order valence-electron chi connectivity index (χ4n) is 1.97. The molecule has 10 nitrogen and oxygen atoms in total. The highest BCUT2D eigenvalue weighted by Gasteiger charge is 2.13. The van der Waals surface area contributed by atoms with Crippen LogP contribution < -0.4 is 20.9 Å². The summed E-state index contributed by atoms with van der Waals surface area (Å²) in [5, 5.41) is 16.4. The van der Waals surface area contributed by atoms with Crippen molar-refractivity contribution in [1.29, 1.82) is 0 Å². The topological polar surface area (TPSA) is 151 Å². The number of carbonyl (C=O) groups is 1. The van der Waals surface area contributed by atoms with Crippen LogP contribution in [0.15, 0.2) is 50.5 Å². The van der Waals surface area contributed by atoms with E-state index in [9.17, 15) is 4.79 Å². The largest absolute Gasteiger partial charge is 0.493 e. The van der Waals surface area contributed by atoms with Crippen LogP contribution in [0.5, 0.6) is 11.5 Å². The lowest BCUT2D eigenvalue weighted by atomic mass is 10.2. The maximum atomic E-state index is 12.1. The standard InChI is InChI=1S/C16H14N6O4S/c1-24-11-7-9(8-19-20-14(17)13-15(18)22-26-21-13)4-5-10(11)25-16(23)12-3-2-6-27-12/h2-8H,1H3,(H2,17,20)(H2,18,22). The molecule has 0 unspecified atom stereocenters. The molecule has 2 heterocycles. The fourth-order valence-corrected chi connectivity index (χ4v) is 2.57. The molecule has 0 saturated heterocycles. The number of amidine groups is 1. The number of benzene rings is 1. The van der Waals surface area contributed by atoms with Crippen molar-refractivity contribution in [2.75, 3.05) is 12.8 Å². The van der Waals surface area contributed by atoms with Gasteiger partial charge in [-0.25, -0.2) is 9.42 Å². The quantitative estimate of drug-likeness (QED) is 0.213. The molecule has 11 heteroatoms. The van der Waals surface area contributed by atoms with E-state index < -0.39 is 5.97 Å². The number of aromatic nitrogens is 2. The van der Waals surface area contributed by atoms with E-state index in [2.05, 4.69) is 25.1 Å². The molecule has 0 saturated carbocycles. The van der Waals surface area contributed by atoms with Crippen LogP contribution in [0.3, 0.4) is 0 Å². The van der Waals surface area contributed by atoms with E-state index >= 15 is 0 Å². The number of hydrogen-bond donors (Lipinski definition) is 2. The van der Waals surface area contributed by atoms with Gasteiger partial charge in [0.2, 0.25) is 0 Å². The van der Waals surface area contributed by atoms with Gasteiger partial charge in [0.1, 0.15) is 4.88 Å². The van der Waals surface area contributed by atoms with E-state index in [1.54, 1.807) is 35.7 Å². The van der Waals surface area contributed by atoms with Crippen LogP contribution in [0, 0.1) is 0 Å². The van der Waals surface area contributed by atoms with E-state index in [0.29, 0.717) is 16.2 Å². The van der Waals surface area contributed by atoms with E-state index in [1.807, 2.05) is 0 Å². The van der Waals surface area contributed by atoms with E-state index in [1.165, 1.54) is 24.7 Å². The van der Waals surface area contributed by atoms with Gasteiger partial charge >= 0.3 is 5.97 Å². The van der Waals surface area contributed by atoms with Gasteiger partial charge in [-0.3, -0.25) is 0 Å². The van der Waals surface area contributed by atoms with Crippen molar-refractivity contribution < 1.29 is 18.9 Å². The second-order valence-corrected chi connectivity index (χ2v) is 5.95. The molecule has 0 bridgehead atoms. The lowest BCUT2D eigenvalue weighted by Crippen LogP contribution is -2.15. The molecular weight excluding hydrogens is 372 g/mol. The lowest BCUT2D eigenvalue weighted by Gasteiger charge is -2.09. The van der Waals surface area contributed by atoms with Gasteiger partial charge in [0.05, 0.1) is 13.3 Å². The zero-order chi connectivity index (χ0) is 19.2.